The van der Waals surface area contributed by atoms with Crippen molar-refractivity contribution in [3.05, 3.63) is 27.5 Å². The highest BCUT2D eigenvalue weighted by molar-refractivity contribution is 6.35. The molecule has 0 saturated carbocycles. The lowest BCUT2D eigenvalue weighted by atomic mass is 9.90. The summed E-state index contributed by atoms with van der Waals surface area (Å²) in [6, 6.07) is 0. The first kappa shape index (κ1) is 12.0. The molecule has 0 bridgehead atoms. The quantitative estimate of drug-likeness (QED) is 0.721. The molecular formula is C12H12ClNO3. The van der Waals surface area contributed by atoms with E-state index in [1.54, 1.807) is 6.92 Å². The summed E-state index contributed by atoms with van der Waals surface area (Å²) in [5.41, 5.74) is 1.73. The summed E-state index contributed by atoms with van der Waals surface area (Å²) in [6.07, 6.45) is 1.89. The highest BCUT2D eigenvalue weighted by Gasteiger charge is 2.29. The van der Waals surface area contributed by atoms with Crippen LogP contribution in [0.2, 0.25) is 5.02 Å². The van der Waals surface area contributed by atoms with Gasteiger partial charge in [-0.1, -0.05) is 11.6 Å². The number of carbonyl (C=O) groups is 2. The SMILES string of the molecule is COC(=O)c1c(Cl)c(C)nc2c1C(=O)CCC2. The number of pyridine rings is 1. The molecule has 1 aromatic rings. The normalized spacial score (nSPS) is 14.4. The first-order valence-corrected chi connectivity index (χ1v) is 5.74. The van der Waals surface area contributed by atoms with Gasteiger partial charge in [-0.25, -0.2) is 4.79 Å². The maximum absolute atomic E-state index is 11.9. The third kappa shape index (κ3) is 1.93. The molecule has 0 spiro atoms. The van der Waals surface area contributed by atoms with Crippen LogP contribution in [-0.2, 0) is 11.2 Å². The van der Waals surface area contributed by atoms with Crippen LogP contribution in [0.4, 0.5) is 0 Å². The molecule has 1 heterocycles. The van der Waals surface area contributed by atoms with Gasteiger partial charge in [-0.2, -0.15) is 0 Å². The zero-order chi connectivity index (χ0) is 12.6. The molecule has 2 rings (SSSR count). The van der Waals surface area contributed by atoms with Crippen LogP contribution in [0.3, 0.4) is 0 Å². The van der Waals surface area contributed by atoms with Crippen LogP contribution < -0.4 is 0 Å². The van der Waals surface area contributed by atoms with Gasteiger partial charge in [0.15, 0.2) is 5.78 Å². The maximum atomic E-state index is 11.9. The summed E-state index contributed by atoms with van der Waals surface area (Å²) in [7, 11) is 1.27. The van der Waals surface area contributed by atoms with Gasteiger partial charge < -0.3 is 4.74 Å². The molecule has 0 aromatic carbocycles. The number of nitrogens with zero attached hydrogens (tertiary/aromatic N) is 1. The van der Waals surface area contributed by atoms with Gasteiger partial charge in [0.1, 0.15) is 0 Å². The van der Waals surface area contributed by atoms with Crippen LogP contribution in [0.15, 0.2) is 0 Å². The largest absolute Gasteiger partial charge is 0.465 e. The third-order valence-electron chi connectivity index (χ3n) is 2.86. The number of Topliss-reactive ketones (excluding diaryl/α,β-unsaturated/α-hetero) is 1. The molecule has 0 radical (unpaired) electrons. The number of ketones is 1. The highest BCUT2D eigenvalue weighted by atomic mass is 35.5. The minimum absolute atomic E-state index is 0.0824. The van der Waals surface area contributed by atoms with Gasteiger partial charge in [0.2, 0.25) is 0 Å². The summed E-state index contributed by atoms with van der Waals surface area (Å²) < 4.78 is 4.68. The van der Waals surface area contributed by atoms with Gasteiger partial charge >= 0.3 is 5.97 Å². The first-order valence-electron chi connectivity index (χ1n) is 5.36. The van der Waals surface area contributed by atoms with Crippen molar-refractivity contribution in [2.24, 2.45) is 0 Å². The van der Waals surface area contributed by atoms with Crippen molar-refractivity contribution in [1.29, 1.82) is 0 Å². The number of methoxy groups -OCH3 is 1. The van der Waals surface area contributed by atoms with Crippen LogP contribution in [0.1, 0.15) is 44.9 Å². The summed E-state index contributed by atoms with van der Waals surface area (Å²) in [4.78, 5) is 27.9. The Balaban J connectivity index is 2.74. The monoisotopic (exact) mass is 253 g/mol. The second-order valence-corrected chi connectivity index (χ2v) is 4.35. The summed E-state index contributed by atoms with van der Waals surface area (Å²) in [6.45, 7) is 1.72. The standard InChI is InChI=1S/C12H12ClNO3/c1-6-11(13)10(12(16)17-2)9-7(14-6)4-3-5-8(9)15/h3-5H2,1-2H3. The number of halogens is 1. The summed E-state index contributed by atoms with van der Waals surface area (Å²) in [5.74, 6) is -0.659. The fourth-order valence-corrected chi connectivity index (χ4v) is 2.27. The Morgan fingerprint density at radius 3 is 2.76 bits per heavy atom. The van der Waals surface area contributed by atoms with Crippen molar-refractivity contribution in [3.8, 4) is 0 Å². The van der Waals surface area contributed by atoms with Gasteiger partial charge in [-0.15, -0.1) is 0 Å². The first-order chi connectivity index (χ1) is 8.06. The Morgan fingerprint density at radius 1 is 1.41 bits per heavy atom. The molecule has 17 heavy (non-hydrogen) atoms. The number of hydrogen-bond donors (Lipinski definition) is 0. The van der Waals surface area contributed by atoms with Crippen LogP contribution in [0, 0.1) is 6.92 Å². The lowest BCUT2D eigenvalue weighted by molar-refractivity contribution is 0.0596. The highest BCUT2D eigenvalue weighted by Crippen LogP contribution is 2.30. The Morgan fingerprint density at radius 2 is 2.12 bits per heavy atom. The van der Waals surface area contributed by atoms with Gasteiger partial charge in [-0.3, -0.25) is 9.78 Å². The number of fused-ring (bicyclic) bond motifs is 1. The van der Waals surface area contributed by atoms with Crippen molar-refractivity contribution in [1.82, 2.24) is 4.98 Å². The molecule has 0 N–H and O–H groups in total. The van der Waals surface area contributed by atoms with Crippen LogP contribution in [-0.4, -0.2) is 23.8 Å². The third-order valence-corrected chi connectivity index (χ3v) is 3.33. The van der Waals surface area contributed by atoms with Gasteiger partial charge in [0.25, 0.3) is 0 Å². The van der Waals surface area contributed by atoms with Crippen LogP contribution >= 0.6 is 11.6 Å². The minimum atomic E-state index is -0.577. The number of esters is 1. The molecule has 4 nitrogen and oxygen atoms in total. The molecule has 0 saturated heterocycles. The molecule has 0 aliphatic heterocycles. The van der Waals surface area contributed by atoms with Crippen molar-refractivity contribution in [2.45, 2.75) is 26.2 Å². The summed E-state index contributed by atoms with van der Waals surface area (Å²) >= 11 is 6.05. The molecule has 1 aromatic heterocycles. The maximum Gasteiger partial charge on any atom is 0.340 e. The predicted molar refractivity (Wildman–Crippen MR) is 62.6 cm³/mol. The average Bonchev–Trinajstić information content (AvgIpc) is 2.31. The van der Waals surface area contributed by atoms with Crippen LogP contribution in [0.5, 0.6) is 0 Å². The van der Waals surface area contributed by atoms with E-state index in [-0.39, 0.29) is 16.4 Å². The van der Waals surface area contributed by atoms with Crippen molar-refractivity contribution in [2.75, 3.05) is 7.11 Å². The van der Waals surface area contributed by atoms with E-state index in [1.165, 1.54) is 7.11 Å². The molecule has 1 aliphatic carbocycles. The molecule has 90 valence electrons. The van der Waals surface area contributed by atoms with E-state index < -0.39 is 5.97 Å². The molecule has 0 unspecified atom stereocenters. The smallest absolute Gasteiger partial charge is 0.340 e. The van der Waals surface area contributed by atoms with Gasteiger partial charge in [-0.05, 0) is 19.8 Å². The number of rotatable bonds is 1. The number of carbonyl (C=O) groups excluding carboxylic acids is 2. The second-order valence-electron chi connectivity index (χ2n) is 3.98. The Kier molecular flexibility index (Phi) is 3.15. The molecule has 0 amide bonds. The van der Waals surface area contributed by atoms with E-state index in [2.05, 4.69) is 9.72 Å². The average molecular weight is 254 g/mol. The zero-order valence-electron chi connectivity index (χ0n) is 9.67. The molecule has 5 heteroatoms. The predicted octanol–water partition coefficient (Wildman–Crippen LogP) is 2.35. The lowest BCUT2D eigenvalue weighted by Gasteiger charge is -2.18. The minimum Gasteiger partial charge on any atom is -0.465 e. The molecular weight excluding hydrogens is 242 g/mol. The van der Waals surface area contributed by atoms with Crippen molar-refractivity contribution >= 4 is 23.4 Å². The second kappa shape index (κ2) is 4.45. The van der Waals surface area contributed by atoms with Gasteiger partial charge in [0, 0.05) is 6.42 Å². The van der Waals surface area contributed by atoms with Crippen molar-refractivity contribution < 1.29 is 14.3 Å². The van der Waals surface area contributed by atoms with E-state index in [1.807, 2.05) is 0 Å². The van der Waals surface area contributed by atoms with E-state index in [9.17, 15) is 9.59 Å². The van der Waals surface area contributed by atoms with E-state index >= 15 is 0 Å². The topological polar surface area (TPSA) is 56.3 Å². The fourth-order valence-electron chi connectivity index (χ4n) is 2.06. The Hall–Kier alpha value is -1.42. The zero-order valence-corrected chi connectivity index (χ0v) is 10.4. The van der Waals surface area contributed by atoms with E-state index in [0.29, 0.717) is 29.8 Å². The fraction of sp³-hybridized carbons (Fsp3) is 0.417. The molecule has 0 fully saturated rings. The number of hydrogen-bond acceptors (Lipinski definition) is 4. The summed E-state index contributed by atoms with van der Waals surface area (Å²) in [5, 5.41) is 0.214. The number of aryl methyl sites for hydroxylation is 2. The number of aromatic nitrogens is 1. The van der Waals surface area contributed by atoms with E-state index in [4.69, 9.17) is 11.6 Å². The Labute approximate surface area is 104 Å². The van der Waals surface area contributed by atoms with Crippen LogP contribution in [0.25, 0.3) is 0 Å². The van der Waals surface area contributed by atoms with Crippen molar-refractivity contribution in [3.63, 3.8) is 0 Å². The Bertz CT molecular complexity index is 511. The van der Waals surface area contributed by atoms with E-state index in [0.717, 1.165) is 6.42 Å². The van der Waals surface area contributed by atoms with Gasteiger partial charge in [0.05, 0.1) is 34.6 Å². The number of ether oxygens (including phenoxy) is 1. The molecule has 1 aliphatic rings. The lowest BCUT2D eigenvalue weighted by Crippen LogP contribution is -2.20. The molecule has 0 atom stereocenters.